The van der Waals surface area contributed by atoms with Gasteiger partial charge in [0.2, 0.25) is 0 Å². The molecular weight excluding hydrogens is 272 g/mol. The molecule has 0 unspecified atom stereocenters. The van der Waals surface area contributed by atoms with Crippen LogP contribution in [0.2, 0.25) is 0 Å². The molecule has 2 atom stereocenters. The number of aromatic hydroxyl groups is 2. The van der Waals surface area contributed by atoms with Crippen LogP contribution in [-0.2, 0) is 6.42 Å². The molecule has 0 saturated heterocycles. The maximum Gasteiger partial charge on any atom is 0.161 e. The highest BCUT2D eigenvalue weighted by Crippen LogP contribution is 2.42. The number of phenolic OH excluding ortho intramolecular Hbond substituents is 2. The van der Waals surface area contributed by atoms with Gasteiger partial charge < -0.3 is 24.8 Å². The molecule has 0 aliphatic carbocycles. The second-order valence-electron chi connectivity index (χ2n) is 5.00. The zero-order valence-electron chi connectivity index (χ0n) is 11.5. The van der Waals surface area contributed by atoms with E-state index >= 15 is 0 Å². The van der Waals surface area contributed by atoms with Crippen molar-refractivity contribution in [1.82, 2.24) is 0 Å². The van der Waals surface area contributed by atoms with Gasteiger partial charge in [-0.15, -0.1) is 0 Å². The molecule has 3 N–H and O–H groups in total. The number of aliphatic hydroxyl groups excluding tert-OH is 1. The number of aliphatic hydroxyl groups is 1. The first-order valence-electron chi connectivity index (χ1n) is 6.62. The molecule has 2 aromatic carbocycles. The number of fused-ring (bicyclic) bond motifs is 1. The Morgan fingerprint density at radius 2 is 1.90 bits per heavy atom. The summed E-state index contributed by atoms with van der Waals surface area (Å²) < 4.78 is 10.8. The Hall–Kier alpha value is -2.40. The van der Waals surface area contributed by atoms with Gasteiger partial charge in [0.15, 0.2) is 17.6 Å². The summed E-state index contributed by atoms with van der Waals surface area (Å²) in [6.07, 6.45) is -1.11. The molecule has 0 amide bonds. The van der Waals surface area contributed by atoms with Crippen LogP contribution in [0.5, 0.6) is 23.0 Å². The molecule has 1 aliphatic heterocycles. The lowest BCUT2D eigenvalue weighted by Gasteiger charge is -2.31. The van der Waals surface area contributed by atoms with Crippen LogP contribution in [0.15, 0.2) is 36.4 Å². The van der Waals surface area contributed by atoms with Crippen LogP contribution in [0, 0.1) is 0 Å². The van der Waals surface area contributed by atoms with E-state index in [4.69, 9.17) is 9.47 Å². The molecule has 2 aromatic rings. The Morgan fingerprint density at radius 1 is 1.14 bits per heavy atom. The quantitative estimate of drug-likeness (QED) is 0.789. The van der Waals surface area contributed by atoms with Gasteiger partial charge in [0.25, 0.3) is 0 Å². The second kappa shape index (κ2) is 5.18. The summed E-state index contributed by atoms with van der Waals surface area (Å²) in [5.41, 5.74) is 1.27. The summed E-state index contributed by atoms with van der Waals surface area (Å²) >= 11 is 0. The molecule has 5 heteroatoms. The van der Waals surface area contributed by atoms with Crippen LogP contribution in [-0.4, -0.2) is 28.5 Å². The average Bonchev–Trinajstić information content (AvgIpc) is 2.47. The van der Waals surface area contributed by atoms with Crippen molar-refractivity contribution >= 4 is 0 Å². The first-order valence-corrected chi connectivity index (χ1v) is 6.62. The third-order valence-electron chi connectivity index (χ3n) is 3.64. The van der Waals surface area contributed by atoms with E-state index in [1.807, 2.05) is 0 Å². The Balaban J connectivity index is 1.99. The first kappa shape index (κ1) is 13.6. The van der Waals surface area contributed by atoms with Gasteiger partial charge in [0.1, 0.15) is 11.5 Å². The third kappa shape index (κ3) is 2.36. The van der Waals surface area contributed by atoms with Crippen molar-refractivity contribution < 1.29 is 24.8 Å². The van der Waals surface area contributed by atoms with Gasteiger partial charge in [-0.3, -0.25) is 0 Å². The summed E-state index contributed by atoms with van der Waals surface area (Å²) in [6, 6.07) is 9.84. The number of phenols is 2. The Morgan fingerprint density at radius 3 is 2.62 bits per heavy atom. The lowest BCUT2D eigenvalue weighted by atomic mass is 9.94. The van der Waals surface area contributed by atoms with E-state index < -0.39 is 12.2 Å². The number of rotatable bonds is 2. The molecule has 1 aliphatic rings. The molecule has 0 saturated carbocycles. The minimum absolute atomic E-state index is 0.0244. The fraction of sp³-hybridized carbons (Fsp3) is 0.250. The van der Waals surface area contributed by atoms with E-state index in [0.29, 0.717) is 23.5 Å². The van der Waals surface area contributed by atoms with Gasteiger partial charge in [-0.05, 0) is 12.1 Å². The zero-order valence-corrected chi connectivity index (χ0v) is 11.5. The Kier molecular flexibility index (Phi) is 3.35. The highest BCUT2D eigenvalue weighted by Gasteiger charge is 2.32. The summed E-state index contributed by atoms with van der Waals surface area (Å²) in [5, 5.41) is 30.0. The lowest BCUT2D eigenvalue weighted by molar-refractivity contribution is 0.0192. The number of para-hydroxylation sites is 1. The average molecular weight is 288 g/mol. The molecule has 1 heterocycles. The van der Waals surface area contributed by atoms with Gasteiger partial charge in [-0.25, -0.2) is 0 Å². The molecule has 0 aromatic heterocycles. The van der Waals surface area contributed by atoms with E-state index in [2.05, 4.69) is 0 Å². The largest absolute Gasteiger partial charge is 0.508 e. The minimum atomic E-state index is -0.792. The number of ether oxygens (including phenoxy) is 2. The fourth-order valence-electron chi connectivity index (χ4n) is 2.57. The maximum absolute atomic E-state index is 10.3. The first-order chi connectivity index (χ1) is 10.1. The molecule has 0 fully saturated rings. The summed E-state index contributed by atoms with van der Waals surface area (Å²) in [7, 11) is 1.46. The van der Waals surface area contributed by atoms with Crippen LogP contribution in [0.1, 0.15) is 17.2 Å². The van der Waals surface area contributed by atoms with E-state index in [0.717, 1.165) is 5.56 Å². The number of hydrogen-bond acceptors (Lipinski definition) is 5. The predicted molar refractivity (Wildman–Crippen MR) is 75.8 cm³/mol. The van der Waals surface area contributed by atoms with Crippen molar-refractivity contribution in [3.05, 3.63) is 47.5 Å². The smallest absolute Gasteiger partial charge is 0.161 e. The molecule has 0 spiro atoms. The van der Waals surface area contributed by atoms with Crippen molar-refractivity contribution in [2.24, 2.45) is 0 Å². The van der Waals surface area contributed by atoms with E-state index in [9.17, 15) is 15.3 Å². The molecular formula is C16H16O5. The number of benzene rings is 2. The standard InChI is InChI=1S/C16H16O5/c1-20-15-7-9-6-13(19)16(21-14(9)8-12(15)18)10-4-2-3-5-11(10)17/h2-5,7-8,13,16-19H,6H2,1H3/t13-,16+/m1/s1. The van der Waals surface area contributed by atoms with Gasteiger partial charge in [0.05, 0.1) is 13.2 Å². The number of hydrogen-bond donors (Lipinski definition) is 3. The van der Waals surface area contributed by atoms with Crippen molar-refractivity contribution in [2.75, 3.05) is 7.11 Å². The van der Waals surface area contributed by atoms with Crippen LogP contribution >= 0.6 is 0 Å². The van der Waals surface area contributed by atoms with E-state index in [-0.39, 0.29) is 11.5 Å². The second-order valence-corrected chi connectivity index (χ2v) is 5.00. The predicted octanol–water partition coefficient (Wildman–Crippen LogP) is 2.14. The lowest BCUT2D eigenvalue weighted by Crippen LogP contribution is -2.30. The summed E-state index contributed by atoms with van der Waals surface area (Å²) in [6.45, 7) is 0. The zero-order chi connectivity index (χ0) is 15.0. The van der Waals surface area contributed by atoms with Crippen molar-refractivity contribution in [1.29, 1.82) is 0 Å². The molecule has 0 radical (unpaired) electrons. The van der Waals surface area contributed by atoms with Crippen molar-refractivity contribution in [2.45, 2.75) is 18.6 Å². The van der Waals surface area contributed by atoms with Gasteiger partial charge in [-0.2, -0.15) is 0 Å². The number of methoxy groups -OCH3 is 1. The topological polar surface area (TPSA) is 79.2 Å². The van der Waals surface area contributed by atoms with Crippen LogP contribution < -0.4 is 9.47 Å². The molecule has 3 rings (SSSR count). The minimum Gasteiger partial charge on any atom is -0.508 e. The van der Waals surface area contributed by atoms with E-state index in [1.54, 1.807) is 30.3 Å². The molecule has 21 heavy (non-hydrogen) atoms. The SMILES string of the molecule is COc1cc2c(cc1O)O[C@@H](c1ccccc1O)[C@H](O)C2. The molecule has 110 valence electrons. The van der Waals surface area contributed by atoms with E-state index in [1.165, 1.54) is 13.2 Å². The van der Waals surface area contributed by atoms with Crippen LogP contribution in [0.3, 0.4) is 0 Å². The molecule has 0 bridgehead atoms. The fourth-order valence-corrected chi connectivity index (χ4v) is 2.57. The van der Waals surface area contributed by atoms with Crippen molar-refractivity contribution in [3.63, 3.8) is 0 Å². The van der Waals surface area contributed by atoms with Crippen LogP contribution in [0.4, 0.5) is 0 Å². The van der Waals surface area contributed by atoms with Crippen molar-refractivity contribution in [3.8, 4) is 23.0 Å². The Bertz CT molecular complexity index is 668. The Labute approximate surface area is 122 Å². The third-order valence-corrected chi connectivity index (χ3v) is 3.64. The van der Waals surface area contributed by atoms with Gasteiger partial charge in [0, 0.05) is 23.6 Å². The highest BCUT2D eigenvalue weighted by molar-refractivity contribution is 5.51. The van der Waals surface area contributed by atoms with Gasteiger partial charge >= 0.3 is 0 Å². The summed E-state index contributed by atoms with van der Waals surface area (Å²) in [5.74, 6) is 0.865. The maximum atomic E-state index is 10.3. The normalized spacial score (nSPS) is 20.5. The monoisotopic (exact) mass is 288 g/mol. The summed E-state index contributed by atoms with van der Waals surface area (Å²) in [4.78, 5) is 0. The van der Waals surface area contributed by atoms with Crippen LogP contribution in [0.25, 0.3) is 0 Å². The highest BCUT2D eigenvalue weighted by atomic mass is 16.5. The van der Waals surface area contributed by atoms with Gasteiger partial charge in [-0.1, -0.05) is 18.2 Å². The molecule has 5 nitrogen and oxygen atoms in total.